The molecule has 0 radical (unpaired) electrons. The fraction of sp³-hybridized carbons (Fsp3) is 0.652. The number of esters is 1. The Morgan fingerprint density at radius 3 is 2.21 bits per heavy atom. The number of carbonyl (C=O) groups is 2. The van der Waals surface area contributed by atoms with Gasteiger partial charge in [0.2, 0.25) is 0 Å². The van der Waals surface area contributed by atoms with Crippen molar-refractivity contribution in [1.82, 2.24) is 0 Å². The maximum Gasteiger partial charge on any atom is 0.323 e. The third-order valence-electron chi connectivity index (χ3n) is 5.25. The Bertz CT molecular complexity index is 594. The summed E-state index contributed by atoms with van der Waals surface area (Å²) in [7, 11) is 0. The molecule has 1 atom stereocenters. The Morgan fingerprint density at radius 1 is 1.04 bits per heavy atom. The minimum atomic E-state index is -1.52. The van der Waals surface area contributed by atoms with Gasteiger partial charge in [-0.15, -0.1) is 0 Å². The van der Waals surface area contributed by atoms with Crippen LogP contribution in [0, 0.1) is 11.3 Å². The van der Waals surface area contributed by atoms with Crippen LogP contribution < -0.4 is 4.74 Å². The molecular formula is C23H36O5. The minimum Gasteiger partial charge on any atom is -0.494 e. The predicted molar refractivity (Wildman–Crippen MR) is 111 cm³/mol. The van der Waals surface area contributed by atoms with Gasteiger partial charge in [0.05, 0.1) is 13.2 Å². The Hall–Kier alpha value is -2.04. The molecule has 1 unspecified atom stereocenters. The van der Waals surface area contributed by atoms with Crippen molar-refractivity contribution >= 4 is 11.9 Å². The van der Waals surface area contributed by atoms with E-state index in [4.69, 9.17) is 9.47 Å². The van der Waals surface area contributed by atoms with E-state index in [0.29, 0.717) is 13.0 Å². The molecule has 0 saturated heterocycles. The second-order valence-corrected chi connectivity index (χ2v) is 7.56. The molecule has 0 bridgehead atoms. The Morgan fingerprint density at radius 2 is 1.68 bits per heavy atom. The van der Waals surface area contributed by atoms with Gasteiger partial charge in [-0.25, -0.2) is 0 Å². The summed E-state index contributed by atoms with van der Waals surface area (Å²) in [4.78, 5) is 24.4. The SMILES string of the molecule is CCCCCCCOc1ccc(CCC(C(=O)O)(C(=O)OCC)C(C)C)cc1. The molecule has 1 aromatic rings. The fourth-order valence-corrected chi connectivity index (χ4v) is 3.32. The largest absolute Gasteiger partial charge is 0.494 e. The molecule has 5 nitrogen and oxygen atoms in total. The highest BCUT2D eigenvalue weighted by Gasteiger charge is 2.49. The van der Waals surface area contributed by atoms with Crippen molar-refractivity contribution in [3.05, 3.63) is 29.8 Å². The van der Waals surface area contributed by atoms with Crippen LogP contribution in [0.2, 0.25) is 0 Å². The van der Waals surface area contributed by atoms with Gasteiger partial charge in [0.15, 0.2) is 5.41 Å². The number of aryl methyl sites for hydroxylation is 1. The zero-order chi connectivity index (χ0) is 21.0. The van der Waals surface area contributed by atoms with Crippen molar-refractivity contribution in [2.45, 2.75) is 72.6 Å². The van der Waals surface area contributed by atoms with E-state index in [-0.39, 0.29) is 18.9 Å². The first-order chi connectivity index (χ1) is 13.4. The first-order valence-corrected chi connectivity index (χ1v) is 10.5. The first-order valence-electron chi connectivity index (χ1n) is 10.5. The number of carboxylic acids is 1. The zero-order valence-corrected chi connectivity index (χ0v) is 17.8. The molecule has 1 rings (SSSR count). The van der Waals surface area contributed by atoms with Crippen molar-refractivity contribution in [2.75, 3.05) is 13.2 Å². The van der Waals surface area contributed by atoms with Crippen LogP contribution in [-0.2, 0) is 20.7 Å². The number of ether oxygens (including phenoxy) is 2. The van der Waals surface area contributed by atoms with Gasteiger partial charge in [0, 0.05) is 0 Å². The van der Waals surface area contributed by atoms with E-state index >= 15 is 0 Å². The van der Waals surface area contributed by atoms with Crippen LogP contribution in [0.1, 0.15) is 71.8 Å². The van der Waals surface area contributed by atoms with E-state index in [1.807, 2.05) is 24.3 Å². The second-order valence-electron chi connectivity index (χ2n) is 7.56. The lowest BCUT2D eigenvalue weighted by atomic mass is 9.73. The monoisotopic (exact) mass is 392 g/mol. The van der Waals surface area contributed by atoms with E-state index in [9.17, 15) is 14.7 Å². The summed E-state index contributed by atoms with van der Waals surface area (Å²) in [5.74, 6) is -1.32. The van der Waals surface area contributed by atoms with Crippen molar-refractivity contribution in [2.24, 2.45) is 11.3 Å². The number of carbonyl (C=O) groups excluding carboxylic acids is 1. The second kappa shape index (κ2) is 12.4. The van der Waals surface area contributed by atoms with Crippen LogP contribution in [0.3, 0.4) is 0 Å². The van der Waals surface area contributed by atoms with Crippen molar-refractivity contribution in [1.29, 1.82) is 0 Å². The fourth-order valence-electron chi connectivity index (χ4n) is 3.32. The van der Waals surface area contributed by atoms with Crippen LogP contribution in [-0.4, -0.2) is 30.3 Å². The van der Waals surface area contributed by atoms with E-state index in [2.05, 4.69) is 6.92 Å². The average molecular weight is 393 g/mol. The molecule has 0 fully saturated rings. The molecule has 1 aromatic carbocycles. The molecule has 28 heavy (non-hydrogen) atoms. The van der Waals surface area contributed by atoms with Crippen LogP contribution >= 0.6 is 0 Å². The number of aliphatic carboxylic acids is 1. The summed E-state index contributed by atoms with van der Waals surface area (Å²) in [6.45, 7) is 8.28. The van der Waals surface area contributed by atoms with Gasteiger partial charge in [-0.05, 0) is 49.8 Å². The van der Waals surface area contributed by atoms with Gasteiger partial charge < -0.3 is 14.6 Å². The maximum absolute atomic E-state index is 12.4. The van der Waals surface area contributed by atoms with Gasteiger partial charge in [-0.3, -0.25) is 9.59 Å². The lowest BCUT2D eigenvalue weighted by Crippen LogP contribution is -2.45. The molecule has 158 valence electrons. The highest BCUT2D eigenvalue weighted by Crippen LogP contribution is 2.35. The third-order valence-corrected chi connectivity index (χ3v) is 5.25. The topological polar surface area (TPSA) is 72.8 Å². The maximum atomic E-state index is 12.4. The summed E-state index contributed by atoms with van der Waals surface area (Å²) in [6, 6.07) is 7.68. The quantitative estimate of drug-likeness (QED) is 0.266. The zero-order valence-electron chi connectivity index (χ0n) is 17.8. The molecule has 0 aliphatic heterocycles. The average Bonchev–Trinajstić information content (AvgIpc) is 2.66. The predicted octanol–water partition coefficient (Wildman–Crippen LogP) is 5.26. The minimum absolute atomic E-state index is 0.172. The summed E-state index contributed by atoms with van der Waals surface area (Å²) in [5, 5.41) is 9.77. The molecule has 0 aliphatic rings. The highest BCUT2D eigenvalue weighted by molar-refractivity contribution is 5.99. The number of hydrogen-bond acceptors (Lipinski definition) is 4. The van der Waals surface area contributed by atoms with Crippen molar-refractivity contribution in [3.8, 4) is 5.75 Å². The van der Waals surface area contributed by atoms with E-state index in [1.165, 1.54) is 25.7 Å². The molecule has 0 aliphatic carbocycles. The number of unbranched alkanes of at least 4 members (excludes halogenated alkanes) is 4. The van der Waals surface area contributed by atoms with Crippen molar-refractivity contribution < 1.29 is 24.2 Å². The number of carboxylic acid groups (broad SMARTS) is 1. The summed E-state index contributed by atoms with van der Waals surface area (Å²) in [6.07, 6.45) is 6.69. The Kier molecular flexibility index (Phi) is 10.6. The van der Waals surface area contributed by atoms with Gasteiger partial charge in [-0.2, -0.15) is 0 Å². The smallest absolute Gasteiger partial charge is 0.323 e. The third kappa shape index (κ3) is 6.84. The van der Waals surface area contributed by atoms with Gasteiger partial charge in [0.1, 0.15) is 5.75 Å². The first kappa shape index (κ1) is 24.0. The molecule has 0 heterocycles. The van der Waals surface area contributed by atoms with Gasteiger partial charge >= 0.3 is 11.9 Å². The van der Waals surface area contributed by atoms with Crippen LogP contribution in [0.15, 0.2) is 24.3 Å². The highest BCUT2D eigenvalue weighted by atomic mass is 16.5. The summed E-state index contributed by atoms with van der Waals surface area (Å²) < 4.78 is 10.8. The summed E-state index contributed by atoms with van der Waals surface area (Å²) >= 11 is 0. The lowest BCUT2D eigenvalue weighted by molar-refractivity contribution is -0.173. The molecule has 0 spiro atoms. The van der Waals surface area contributed by atoms with Crippen molar-refractivity contribution in [3.63, 3.8) is 0 Å². The number of rotatable bonds is 14. The van der Waals surface area contributed by atoms with Crippen LogP contribution in [0.4, 0.5) is 0 Å². The molecule has 0 saturated carbocycles. The lowest BCUT2D eigenvalue weighted by Gasteiger charge is -2.30. The molecular weight excluding hydrogens is 356 g/mol. The van der Waals surface area contributed by atoms with E-state index in [1.54, 1.807) is 20.8 Å². The number of benzene rings is 1. The van der Waals surface area contributed by atoms with Crippen LogP contribution in [0.25, 0.3) is 0 Å². The van der Waals surface area contributed by atoms with Gasteiger partial charge in [-0.1, -0.05) is 58.6 Å². The summed E-state index contributed by atoms with van der Waals surface area (Å²) in [5.41, 5.74) is -0.546. The Labute approximate surface area is 169 Å². The standard InChI is InChI=1S/C23H36O5/c1-5-7-8-9-10-17-28-20-13-11-19(12-14-20)15-16-23(18(3)4,21(24)25)22(26)27-6-2/h11-14,18H,5-10,15-17H2,1-4H3,(H,24,25). The van der Waals surface area contributed by atoms with Gasteiger partial charge in [0.25, 0.3) is 0 Å². The van der Waals surface area contributed by atoms with Crippen LogP contribution in [0.5, 0.6) is 5.75 Å². The molecule has 0 amide bonds. The number of hydrogen-bond donors (Lipinski definition) is 1. The van der Waals surface area contributed by atoms with E-state index in [0.717, 1.165) is 17.7 Å². The normalized spacial score (nSPS) is 13.2. The molecule has 0 aromatic heterocycles. The Balaban J connectivity index is 2.64. The molecule has 1 N–H and O–H groups in total. The molecule has 5 heteroatoms. The van der Waals surface area contributed by atoms with E-state index < -0.39 is 17.4 Å².